The normalized spacial score (nSPS) is 12.1. The van der Waals surface area contributed by atoms with Crippen molar-refractivity contribution in [2.24, 2.45) is 0 Å². The minimum absolute atomic E-state index is 0.519. The lowest BCUT2D eigenvalue weighted by Crippen LogP contribution is -2.29. The molecule has 0 amide bonds. The van der Waals surface area contributed by atoms with Crippen molar-refractivity contribution in [3.63, 3.8) is 0 Å². The minimum Gasteiger partial charge on any atom is -0.423 e. The van der Waals surface area contributed by atoms with Crippen LogP contribution in [0.3, 0.4) is 0 Å². The molecule has 0 aliphatic carbocycles. The standard InChI is InChI=1S/C28H17BO2S/c30-29(31)20-9-13-26-24(15-20)23-14-19(8-12-25(23)32-26)21-10-6-18-5-4-16-2-1-3-17-7-11-22(21)28(18)27(16)17/h1-15,30-31H. The lowest BCUT2D eigenvalue weighted by atomic mass is 9.80. The zero-order valence-corrected chi connectivity index (χ0v) is 17.9. The Morgan fingerprint density at radius 2 is 1.22 bits per heavy atom. The van der Waals surface area contributed by atoms with E-state index in [1.165, 1.54) is 48.1 Å². The Kier molecular flexibility index (Phi) is 3.71. The third-order valence-corrected chi connectivity index (χ3v) is 7.78. The molecule has 0 fully saturated rings. The van der Waals surface area contributed by atoms with Crippen molar-refractivity contribution in [1.29, 1.82) is 0 Å². The lowest BCUT2D eigenvalue weighted by molar-refractivity contribution is 0.426. The molecule has 2 nitrogen and oxygen atoms in total. The average Bonchev–Trinajstić information content (AvgIpc) is 3.19. The third kappa shape index (κ3) is 2.49. The summed E-state index contributed by atoms with van der Waals surface area (Å²) in [5.74, 6) is 0. The molecule has 0 bridgehead atoms. The molecule has 1 heterocycles. The van der Waals surface area contributed by atoms with Crippen LogP contribution in [0.1, 0.15) is 0 Å². The van der Waals surface area contributed by atoms with E-state index in [4.69, 9.17) is 0 Å². The number of hydrogen-bond donors (Lipinski definition) is 2. The van der Waals surface area contributed by atoms with Gasteiger partial charge < -0.3 is 10.0 Å². The van der Waals surface area contributed by atoms with E-state index in [1.807, 2.05) is 12.1 Å². The van der Waals surface area contributed by atoms with Gasteiger partial charge in [-0.25, -0.2) is 0 Å². The van der Waals surface area contributed by atoms with Crippen molar-refractivity contribution in [2.75, 3.05) is 0 Å². The van der Waals surface area contributed by atoms with Gasteiger partial charge in [0.15, 0.2) is 0 Å². The smallest absolute Gasteiger partial charge is 0.423 e. The average molecular weight is 428 g/mol. The molecular formula is C28H17BO2S. The van der Waals surface area contributed by atoms with Crippen LogP contribution in [0.25, 0.3) is 63.6 Å². The molecule has 6 aromatic carbocycles. The first kappa shape index (κ1) is 18.2. The first-order valence-corrected chi connectivity index (χ1v) is 11.5. The fraction of sp³-hybridized carbons (Fsp3) is 0. The summed E-state index contributed by atoms with van der Waals surface area (Å²) < 4.78 is 2.35. The van der Waals surface area contributed by atoms with Crippen molar-refractivity contribution in [2.45, 2.75) is 0 Å². The van der Waals surface area contributed by atoms with Crippen LogP contribution in [-0.4, -0.2) is 17.2 Å². The quantitative estimate of drug-likeness (QED) is 0.251. The monoisotopic (exact) mass is 428 g/mol. The van der Waals surface area contributed by atoms with Gasteiger partial charge in [-0.1, -0.05) is 72.8 Å². The van der Waals surface area contributed by atoms with Gasteiger partial charge >= 0.3 is 7.12 Å². The maximum Gasteiger partial charge on any atom is 0.488 e. The van der Waals surface area contributed by atoms with Gasteiger partial charge in [0.05, 0.1) is 0 Å². The van der Waals surface area contributed by atoms with E-state index in [9.17, 15) is 10.0 Å². The van der Waals surface area contributed by atoms with Gasteiger partial charge in [-0.05, 0) is 72.5 Å². The predicted octanol–water partition coefficient (Wildman–Crippen LogP) is 6.30. The number of benzene rings is 6. The van der Waals surface area contributed by atoms with Crippen molar-refractivity contribution >= 4 is 76.4 Å². The van der Waals surface area contributed by atoms with E-state index in [2.05, 4.69) is 72.8 Å². The largest absolute Gasteiger partial charge is 0.488 e. The Bertz CT molecular complexity index is 1800. The van der Waals surface area contributed by atoms with Crippen LogP contribution in [0.15, 0.2) is 91.0 Å². The van der Waals surface area contributed by atoms with E-state index in [0.717, 1.165) is 15.5 Å². The fourth-order valence-corrected chi connectivity index (χ4v) is 6.18. The number of thiophene rings is 1. The van der Waals surface area contributed by atoms with Crippen LogP contribution in [0.2, 0.25) is 0 Å². The van der Waals surface area contributed by atoms with Crippen LogP contribution in [0.4, 0.5) is 0 Å². The molecule has 0 atom stereocenters. The molecule has 0 spiro atoms. The van der Waals surface area contributed by atoms with E-state index < -0.39 is 7.12 Å². The van der Waals surface area contributed by atoms with Crippen molar-refractivity contribution < 1.29 is 10.0 Å². The first-order valence-electron chi connectivity index (χ1n) is 10.7. The van der Waals surface area contributed by atoms with Crippen molar-refractivity contribution in [3.05, 3.63) is 91.0 Å². The van der Waals surface area contributed by atoms with Crippen LogP contribution in [-0.2, 0) is 0 Å². The highest BCUT2D eigenvalue weighted by atomic mass is 32.1. The Hall–Kier alpha value is -3.44. The summed E-state index contributed by atoms with van der Waals surface area (Å²) in [5.41, 5.74) is 2.91. The van der Waals surface area contributed by atoms with Crippen molar-refractivity contribution in [1.82, 2.24) is 0 Å². The minimum atomic E-state index is -1.46. The maximum absolute atomic E-state index is 9.64. The summed E-state index contributed by atoms with van der Waals surface area (Å²) in [4.78, 5) is 0. The van der Waals surface area contributed by atoms with E-state index in [-0.39, 0.29) is 0 Å². The lowest BCUT2D eigenvalue weighted by Gasteiger charge is -2.14. The third-order valence-electron chi connectivity index (χ3n) is 6.63. The second-order valence-electron chi connectivity index (χ2n) is 8.41. The van der Waals surface area contributed by atoms with Gasteiger partial charge in [0.2, 0.25) is 0 Å². The maximum atomic E-state index is 9.64. The molecule has 4 heteroatoms. The highest BCUT2D eigenvalue weighted by Gasteiger charge is 2.15. The summed E-state index contributed by atoms with van der Waals surface area (Å²) in [7, 11) is -1.46. The molecule has 7 aromatic rings. The summed E-state index contributed by atoms with van der Waals surface area (Å²) in [5, 5.41) is 29.2. The molecular weight excluding hydrogens is 411 g/mol. The Labute approximate surface area is 188 Å². The van der Waals surface area contributed by atoms with Gasteiger partial charge in [-0.2, -0.15) is 0 Å². The molecule has 150 valence electrons. The van der Waals surface area contributed by atoms with Crippen LogP contribution in [0.5, 0.6) is 0 Å². The van der Waals surface area contributed by atoms with Gasteiger partial charge in [0.25, 0.3) is 0 Å². The first-order chi connectivity index (χ1) is 15.7. The second-order valence-corrected chi connectivity index (χ2v) is 9.50. The van der Waals surface area contributed by atoms with Crippen molar-refractivity contribution in [3.8, 4) is 11.1 Å². The predicted molar refractivity (Wildman–Crippen MR) is 138 cm³/mol. The topological polar surface area (TPSA) is 40.5 Å². The van der Waals surface area contributed by atoms with E-state index in [0.29, 0.717) is 5.46 Å². The van der Waals surface area contributed by atoms with E-state index >= 15 is 0 Å². The molecule has 1 aromatic heterocycles. The summed E-state index contributed by atoms with van der Waals surface area (Å²) >= 11 is 1.73. The molecule has 0 aliphatic heterocycles. The SMILES string of the molecule is OB(O)c1ccc2sc3ccc(-c4ccc5ccc6cccc7ccc4c5c67)cc3c2c1. The second kappa shape index (κ2) is 6.53. The van der Waals surface area contributed by atoms with Gasteiger partial charge in [0, 0.05) is 14.8 Å². The van der Waals surface area contributed by atoms with Gasteiger partial charge in [-0.3, -0.25) is 0 Å². The van der Waals surface area contributed by atoms with Gasteiger partial charge in [0.1, 0.15) is 0 Å². The zero-order valence-electron chi connectivity index (χ0n) is 17.0. The Morgan fingerprint density at radius 1 is 0.562 bits per heavy atom. The molecule has 32 heavy (non-hydrogen) atoms. The number of fused-ring (bicyclic) bond motifs is 3. The number of hydrogen-bond acceptors (Lipinski definition) is 3. The number of rotatable bonds is 2. The van der Waals surface area contributed by atoms with Gasteiger partial charge in [-0.15, -0.1) is 11.3 Å². The Balaban J connectivity index is 1.54. The fourth-order valence-electron chi connectivity index (χ4n) is 5.11. The molecule has 0 saturated heterocycles. The van der Waals surface area contributed by atoms with E-state index in [1.54, 1.807) is 17.4 Å². The zero-order chi connectivity index (χ0) is 21.4. The van der Waals surface area contributed by atoms with Crippen LogP contribution < -0.4 is 5.46 Å². The van der Waals surface area contributed by atoms with Crippen LogP contribution in [0, 0.1) is 0 Å². The molecule has 0 saturated carbocycles. The molecule has 0 unspecified atom stereocenters. The highest BCUT2D eigenvalue weighted by molar-refractivity contribution is 7.25. The van der Waals surface area contributed by atoms with Crippen LogP contribution >= 0.6 is 11.3 Å². The summed E-state index contributed by atoms with van der Waals surface area (Å²) in [6, 6.07) is 32.1. The summed E-state index contributed by atoms with van der Waals surface area (Å²) in [6.45, 7) is 0. The Morgan fingerprint density at radius 3 is 2.00 bits per heavy atom. The molecule has 2 N–H and O–H groups in total. The molecule has 0 radical (unpaired) electrons. The molecule has 0 aliphatic rings. The highest BCUT2D eigenvalue weighted by Crippen LogP contribution is 2.41. The summed E-state index contributed by atoms with van der Waals surface area (Å²) in [6.07, 6.45) is 0. The molecule has 7 rings (SSSR count).